The van der Waals surface area contributed by atoms with E-state index in [4.69, 9.17) is 14.2 Å². The van der Waals surface area contributed by atoms with Gasteiger partial charge in [-0.25, -0.2) is 0 Å². The topological polar surface area (TPSA) is 47.8 Å². The molecule has 1 unspecified atom stereocenters. The first-order valence-corrected chi connectivity index (χ1v) is 12.1. The van der Waals surface area contributed by atoms with Crippen molar-refractivity contribution in [3.8, 4) is 11.5 Å². The van der Waals surface area contributed by atoms with Gasteiger partial charge in [-0.1, -0.05) is 54.6 Å². The smallest absolute Gasteiger partial charge is 0.325 e. The predicted octanol–water partition coefficient (Wildman–Crippen LogP) is 6.02. The largest absolute Gasteiger partial charge is 0.496 e. The summed E-state index contributed by atoms with van der Waals surface area (Å²) in [5.41, 5.74) is 7.63. The molecule has 0 bridgehead atoms. The van der Waals surface area contributed by atoms with Crippen LogP contribution >= 0.6 is 0 Å². The van der Waals surface area contributed by atoms with E-state index in [2.05, 4.69) is 69.0 Å². The Hall–Kier alpha value is -3.31. The standard InChI is InChI=1S/C30H35NO4/c1-8-35-30(32)27-26(22-12-10-9-11-13-22)31(27)25(23-14-18(2)28(33-6)19(3)15-23)24-16-20(4)29(34-7)21(5)17-24/h9-17,25-27H,8H2,1-7H3/t26-,27-,31?/m1/s1. The van der Waals surface area contributed by atoms with Crippen molar-refractivity contribution in [3.63, 3.8) is 0 Å². The van der Waals surface area contributed by atoms with Crippen LogP contribution in [0.4, 0.5) is 0 Å². The summed E-state index contributed by atoms with van der Waals surface area (Å²) in [5, 5.41) is 0. The molecule has 0 saturated carbocycles. The number of ether oxygens (including phenoxy) is 3. The van der Waals surface area contributed by atoms with Crippen LogP contribution in [0.5, 0.6) is 11.5 Å². The minimum absolute atomic E-state index is 0.0642. The molecule has 0 radical (unpaired) electrons. The second kappa shape index (κ2) is 10.1. The number of rotatable bonds is 8. The molecule has 1 saturated heterocycles. The first-order valence-electron chi connectivity index (χ1n) is 12.1. The molecule has 1 heterocycles. The second-order valence-corrected chi connectivity index (χ2v) is 9.28. The summed E-state index contributed by atoms with van der Waals surface area (Å²) in [6.45, 7) is 10.5. The normalized spacial score (nSPS) is 18.9. The van der Waals surface area contributed by atoms with Gasteiger partial charge in [-0.2, -0.15) is 0 Å². The highest BCUT2D eigenvalue weighted by atomic mass is 16.5. The number of esters is 1. The average Bonchev–Trinajstić information content (AvgIpc) is 3.55. The van der Waals surface area contributed by atoms with Crippen LogP contribution in [-0.4, -0.2) is 37.7 Å². The van der Waals surface area contributed by atoms with Crippen molar-refractivity contribution in [1.82, 2.24) is 4.90 Å². The zero-order valence-corrected chi connectivity index (χ0v) is 21.7. The van der Waals surface area contributed by atoms with E-state index in [0.717, 1.165) is 50.4 Å². The first kappa shape index (κ1) is 24.8. The zero-order chi connectivity index (χ0) is 25.3. The summed E-state index contributed by atoms with van der Waals surface area (Å²) < 4.78 is 16.8. The van der Waals surface area contributed by atoms with Gasteiger partial charge in [0.15, 0.2) is 0 Å². The van der Waals surface area contributed by atoms with Crippen LogP contribution < -0.4 is 9.47 Å². The molecule has 1 aliphatic rings. The maximum Gasteiger partial charge on any atom is 0.325 e. The number of hydrogen-bond donors (Lipinski definition) is 0. The van der Waals surface area contributed by atoms with Crippen molar-refractivity contribution < 1.29 is 19.0 Å². The van der Waals surface area contributed by atoms with E-state index in [0.29, 0.717) is 6.61 Å². The Bertz CT molecular complexity index is 1110. The van der Waals surface area contributed by atoms with Crippen LogP contribution in [0.3, 0.4) is 0 Å². The molecule has 3 atom stereocenters. The van der Waals surface area contributed by atoms with Crippen molar-refractivity contribution in [2.24, 2.45) is 0 Å². The number of nitrogens with zero attached hydrogens (tertiary/aromatic N) is 1. The number of methoxy groups -OCH3 is 2. The molecule has 0 aliphatic carbocycles. The van der Waals surface area contributed by atoms with Gasteiger partial charge >= 0.3 is 5.97 Å². The van der Waals surface area contributed by atoms with Crippen molar-refractivity contribution in [1.29, 1.82) is 0 Å². The van der Waals surface area contributed by atoms with Crippen molar-refractivity contribution in [2.45, 2.75) is 52.7 Å². The summed E-state index contributed by atoms with van der Waals surface area (Å²) in [5.74, 6) is 1.60. The highest BCUT2D eigenvalue weighted by Gasteiger charge is 2.58. The number of hydrogen-bond acceptors (Lipinski definition) is 5. The summed E-state index contributed by atoms with van der Waals surface area (Å²) in [6, 6.07) is 18.4. The van der Waals surface area contributed by atoms with Crippen LogP contribution in [0.2, 0.25) is 0 Å². The third-order valence-corrected chi connectivity index (χ3v) is 6.82. The Kier molecular flexibility index (Phi) is 7.18. The fraction of sp³-hybridized carbons (Fsp3) is 0.367. The monoisotopic (exact) mass is 473 g/mol. The van der Waals surface area contributed by atoms with Gasteiger partial charge < -0.3 is 14.2 Å². The first-order chi connectivity index (χ1) is 16.8. The number of aryl methyl sites for hydroxylation is 4. The minimum Gasteiger partial charge on any atom is -0.496 e. The molecule has 5 heteroatoms. The SMILES string of the molecule is CCOC(=O)[C@H]1[C@@H](c2ccccc2)N1C(c1cc(C)c(OC)c(C)c1)c1cc(C)c(OC)c(C)c1. The van der Waals surface area contributed by atoms with Gasteiger partial charge in [0.1, 0.15) is 17.5 Å². The third kappa shape index (κ3) is 4.65. The Morgan fingerprint density at radius 1 is 0.829 bits per heavy atom. The zero-order valence-electron chi connectivity index (χ0n) is 21.7. The van der Waals surface area contributed by atoms with Crippen molar-refractivity contribution >= 4 is 5.97 Å². The highest BCUT2D eigenvalue weighted by molar-refractivity contribution is 5.81. The second-order valence-electron chi connectivity index (χ2n) is 9.28. The lowest BCUT2D eigenvalue weighted by Gasteiger charge is -2.25. The van der Waals surface area contributed by atoms with Gasteiger partial charge in [0.25, 0.3) is 0 Å². The molecule has 4 rings (SSSR count). The predicted molar refractivity (Wildman–Crippen MR) is 138 cm³/mol. The maximum atomic E-state index is 13.1. The average molecular weight is 474 g/mol. The van der Waals surface area contributed by atoms with Crippen LogP contribution in [0.15, 0.2) is 54.6 Å². The number of carbonyl (C=O) groups excluding carboxylic acids is 1. The summed E-state index contributed by atoms with van der Waals surface area (Å²) in [6.07, 6.45) is 0. The molecule has 3 aromatic rings. The van der Waals surface area contributed by atoms with E-state index >= 15 is 0 Å². The van der Waals surface area contributed by atoms with E-state index in [1.54, 1.807) is 14.2 Å². The van der Waals surface area contributed by atoms with E-state index in [-0.39, 0.29) is 24.1 Å². The van der Waals surface area contributed by atoms with Crippen molar-refractivity contribution in [3.05, 3.63) is 93.5 Å². The third-order valence-electron chi connectivity index (χ3n) is 6.82. The van der Waals surface area contributed by atoms with Gasteiger partial charge in [0.2, 0.25) is 0 Å². The molecule has 0 N–H and O–H groups in total. The minimum atomic E-state index is -0.354. The maximum absolute atomic E-state index is 13.1. The Balaban J connectivity index is 1.90. The molecule has 3 aromatic carbocycles. The lowest BCUT2D eigenvalue weighted by molar-refractivity contribution is -0.143. The van der Waals surface area contributed by atoms with Crippen LogP contribution in [0.1, 0.15) is 58.0 Å². The van der Waals surface area contributed by atoms with Crippen molar-refractivity contribution in [2.75, 3.05) is 20.8 Å². The molecule has 0 amide bonds. The van der Waals surface area contributed by atoms with Crippen LogP contribution in [-0.2, 0) is 9.53 Å². The van der Waals surface area contributed by atoms with Crippen LogP contribution in [0, 0.1) is 27.7 Å². The van der Waals surface area contributed by atoms with Crippen LogP contribution in [0.25, 0.3) is 0 Å². The van der Waals surface area contributed by atoms with Gasteiger partial charge in [0, 0.05) is 0 Å². The molecule has 5 nitrogen and oxygen atoms in total. The lowest BCUT2D eigenvalue weighted by atomic mass is 9.92. The molecular weight excluding hydrogens is 438 g/mol. The molecule has 0 aromatic heterocycles. The highest BCUT2D eigenvalue weighted by Crippen LogP contribution is 2.53. The molecule has 35 heavy (non-hydrogen) atoms. The number of benzene rings is 3. The quantitative estimate of drug-likeness (QED) is 0.296. The summed E-state index contributed by atoms with van der Waals surface area (Å²) >= 11 is 0. The van der Waals surface area contributed by atoms with Gasteiger partial charge in [0.05, 0.1) is 32.9 Å². The van der Waals surface area contributed by atoms with E-state index in [1.165, 1.54) is 0 Å². The van der Waals surface area contributed by atoms with E-state index in [1.807, 2.05) is 25.1 Å². The Labute approximate surface area is 208 Å². The molecule has 1 fully saturated rings. The molecule has 184 valence electrons. The molecule has 0 spiro atoms. The Morgan fingerprint density at radius 3 is 1.69 bits per heavy atom. The molecule has 1 aliphatic heterocycles. The Morgan fingerprint density at radius 2 is 1.29 bits per heavy atom. The van der Waals surface area contributed by atoms with E-state index < -0.39 is 0 Å². The summed E-state index contributed by atoms with van der Waals surface area (Å²) in [7, 11) is 3.41. The number of carbonyl (C=O) groups is 1. The van der Waals surface area contributed by atoms with Gasteiger partial charge in [-0.3, -0.25) is 9.69 Å². The van der Waals surface area contributed by atoms with Gasteiger partial charge in [-0.05, 0) is 73.6 Å². The fourth-order valence-electron chi connectivity index (χ4n) is 5.52. The van der Waals surface area contributed by atoms with E-state index in [9.17, 15) is 4.79 Å². The lowest BCUT2D eigenvalue weighted by Crippen LogP contribution is -2.21. The van der Waals surface area contributed by atoms with Gasteiger partial charge in [-0.15, -0.1) is 0 Å². The molecular formula is C30H35NO4. The fourth-order valence-corrected chi connectivity index (χ4v) is 5.52. The summed E-state index contributed by atoms with van der Waals surface area (Å²) in [4.78, 5) is 15.4.